The van der Waals surface area contributed by atoms with Crippen LogP contribution in [0.25, 0.3) is 0 Å². The maximum Gasteiger partial charge on any atom is 0.325 e. The molecule has 1 aromatic carbocycles. The third-order valence-electron chi connectivity index (χ3n) is 10.9. The molecule has 4 bridgehead atoms. The number of hydrogen-bond donors (Lipinski definition) is 2. The molecule has 2 heterocycles. The molecule has 36 heavy (non-hydrogen) atoms. The summed E-state index contributed by atoms with van der Waals surface area (Å²) in [5.41, 5.74) is 7.87. The van der Waals surface area contributed by atoms with Gasteiger partial charge in [-0.05, 0) is 69.0 Å². The van der Waals surface area contributed by atoms with Gasteiger partial charge in [0.25, 0.3) is 0 Å². The summed E-state index contributed by atoms with van der Waals surface area (Å²) < 4.78 is 25.0. The van der Waals surface area contributed by atoms with Crippen LogP contribution in [0.2, 0.25) is 0 Å². The molecular formula is C28H38N2O6. The van der Waals surface area contributed by atoms with E-state index in [1.807, 2.05) is 0 Å². The van der Waals surface area contributed by atoms with Crippen LogP contribution < -0.4 is 15.2 Å². The monoisotopic (exact) mass is 498 g/mol. The Morgan fingerprint density at radius 3 is 2.83 bits per heavy atom. The van der Waals surface area contributed by atoms with Crippen molar-refractivity contribution >= 4 is 5.97 Å². The number of ether oxygens (including phenoxy) is 4. The summed E-state index contributed by atoms with van der Waals surface area (Å²) in [7, 11) is 3.50. The van der Waals surface area contributed by atoms with Crippen LogP contribution >= 0.6 is 0 Å². The number of likely N-dealkylation sites (tertiary alicyclic amines) is 1. The molecule has 5 aliphatic carbocycles. The van der Waals surface area contributed by atoms with E-state index >= 15 is 0 Å². The number of esters is 1. The number of carbonyl (C=O) groups excluding carboxylic acids is 1. The number of piperidine rings is 1. The molecule has 196 valence electrons. The highest BCUT2D eigenvalue weighted by Crippen LogP contribution is 2.76. The number of methoxy groups -OCH3 is 2. The van der Waals surface area contributed by atoms with Crippen molar-refractivity contribution in [2.24, 2.45) is 23.0 Å². The Balaban J connectivity index is 1.35. The van der Waals surface area contributed by atoms with Gasteiger partial charge in [-0.3, -0.25) is 9.69 Å². The zero-order valence-corrected chi connectivity index (χ0v) is 21.3. The third-order valence-corrected chi connectivity index (χ3v) is 10.9. The molecule has 0 radical (unpaired) electrons. The Morgan fingerprint density at radius 1 is 1.28 bits per heavy atom. The van der Waals surface area contributed by atoms with Crippen LogP contribution in [0.1, 0.15) is 49.7 Å². The number of carbonyl (C=O) groups is 1. The zero-order chi connectivity index (χ0) is 24.9. The second kappa shape index (κ2) is 7.82. The molecule has 8 rings (SSSR count). The number of aliphatic hydroxyl groups excluding tert-OH is 1. The summed E-state index contributed by atoms with van der Waals surface area (Å²) >= 11 is 0. The number of hydrogen-bond acceptors (Lipinski definition) is 8. The third kappa shape index (κ3) is 2.71. The maximum atomic E-state index is 12.4. The molecular weight excluding hydrogens is 460 g/mol. The van der Waals surface area contributed by atoms with E-state index in [1.165, 1.54) is 30.5 Å². The Morgan fingerprint density at radius 2 is 2.11 bits per heavy atom. The summed E-state index contributed by atoms with van der Waals surface area (Å²) in [6.45, 7) is 2.08. The molecule has 7 aliphatic rings. The molecule has 2 spiro atoms. The Labute approximate surface area is 212 Å². The summed E-state index contributed by atoms with van der Waals surface area (Å²) in [6, 6.07) is 3.76. The highest BCUT2D eigenvalue weighted by molar-refractivity contribution is 5.75. The standard InChI is InChI=1S/C28H38N2O6/c1-33-20-6-5-17-11-21-26-7-8-28(34-2,18(12-26)15-35-24(32)19(29)14-31)25-27(26,22(17)23(20)36-25)9-10-30(21)13-16-3-4-16/h5-6,16,18-19,21,25,31H,3-4,7-15,29H2,1-2H3/t18-,19?,21-,25-,26-,27+,28-/m1/s1. The van der Waals surface area contributed by atoms with Crippen LogP contribution in [-0.2, 0) is 26.1 Å². The fourth-order valence-electron chi connectivity index (χ4n) is 9.26. The second-order valence-electron chi connectivity index (χ2n) is 12.1. The number of nitrogens with two attached hydrogens (primary N) is 1. The predicted molar refractivity (Wildman–Crippen MR) is 131 cm³/mol. The molecule has 4 saturated carbocycles. The predicted octanol–water partition coefficient (Wildman–Crippen LogP) is 1.78. The number of nitrogens with zero attached hydrogens (tertiary/aromatic N) is 1. The molecule has 0 aromatic heterocycles. The summed E-state index contributed by atoms with van der Waals surface area (Å²) in [6.07, 6.45) is 7.53. The average molecular weight is 499 g/mol. The topological polar surface area (TPSA) is 103 Å². The number of rotatable bonds is 8. The van der Waals surface area contributed by atoms with E-state index in [4.69, 9.17) is 24.7 Å². The van der Waals surface area contributed by atoms with E-state index in [9.17, 15) is 9.90 Å². The summed E-state index contributed by atoms with van der Waals surface area (Å²) in [4.78, 5) is 15.2. The summed E-state index contributed by atoms with van der Waals surface area (Å²) in [5, 5.41) is 9.33. The van der Waals surface area contributed by atoms with Crippen LogP contribution in [-0.4, -0.2) is 80.3 Å². The first-order valence-corrected chi connectivity index (χ1v) is 13.6. The molecule has 7 atom stereocenters. The van der Waals surface area contributed by atoms with E-state index in [1.54, 1.807) is 14.2 Å². The van der Waals surface area contributed by atoms with Crippen molar-refractivity contribution < 1.29 is 28.8 Å². The molecule has 8 heteroatoms. The minimum atomic E-state index is -1.02. The first-order chi connectivity index (χ1) is 17.4. The lowest BCUT2D eigenvalue weighted by atomic mass is 9.35. The largest absolute Gasteiger partial charge is 0.493 e. The minimum Gasteiger partial charge on any atom is -0.493 e. The Bertz CT molecular complexity index is 1090. The van der Waals surface area contributed by atoms with Crippen molar-refractivity contribution in [3.05, 3.63) is 23.3 Å². The van der Waals surface area contributed by atoms with E-state index in [0.717, 1.165) is 56.1 Å². The molecule has 0 amide bonds. The highest BCUT2D eigenvalue weighted by Gasteiger charge is 2.80. The Kier molecular flexibility index (Phi) is 5.05. The van der Waals surface area contributed by atoms with Crippen molar-refractivity contribution in [1.29, 1.82) is 0 Å². The first kappa shape index (κ1) is 23.3. The van der Waals surface area contributed by atoms with Crippen LogP contribution in [0.15, 0.2) is 12.1 Å². The van der Waals surface area contributed by atoms with Gasteiger partial charge in [0.1, 0.15) is 17.7 Å². The molecule has 5 fully saturated rings. The van der Waals surface area contributed by atoms with E-state index < -0.39 is 24.2 Å². The van der Waals surface area contributed by atoms with Gasteiger partial charge in [-0.1, -0.05) is 6.07 Å². The minimum absolute atomic E-state index is 0.00514. The van der Waals surface area contributed by atoms with Gasteiger partial charge in [0.2, 0.25) is 0 Å². The van der Waals surface area contributed by atoms with Crippen molar-refractivity contribution in [3.8, 4) is 11.5 Å². The lowest BCUT2D eigenvalue weighted by Gasteiger charge is -2.73. The number of aliphatic hydroxyl groups is 1. The van der Waals surface area contributed by atoms with Gasteiger partial charge in [-0.15, -0.1) is 0 Å². The fraction of sp³-hybridized carbons (Fsp3) is 0.750. The van der Waals surface area contributed by atoms with Crippen molar-refractivity contribution in [2.45, 2.75) is 74.1 Å². The quantitative estimate of drug-likeness (QED) is 0.523. The van der Waals surface area contributed by atoms with Crippen LogP contribution in [0.4, 0.5) is 0 Å². The smallest absolute Gasteiger partial charge is 0.325 e. The molecule has 8 nitrogen and oxygen atoms in total. The van der Waals surface area contributed by atoms with E-state index in [0.29, 0.717) is 6.04 Å². The molecule has 2 aliphatic heterocycles. The van der Waals surface area contributed by atoms with Gasteiger partial charge in [0.15, 0.2) is 11.5 Å². The normalized spacial score (nSPS) is 40.4. The second-order valence-corrected chi connectivity index (χ2v) is 12.1. The van der Waals surface area contributed by atoms with Gasteiger partial charge in [-0.25, -0.2) is 0 Å². The van der Waals surface area contributed by atoms with Gasteiger partial charge in [-0.2, -0.15) is 0 Å². The molecule has 1 unspecified atom stereocenters. The van der Waals surface area contributed by atoms with Crippen molar-refractivity contribution in [1.82, 2.24) is 4.90 Å². The lowest BCUT2D eigenvalue weighted by molar-refractivity contribution is -0.282. The van der Waals surface area contributed by atoms with Crippen molar-refractivity contribution in [3.63, 3.8) is 0 Å². The number of fused-ring (bicyclic) bond motifs is 2. The van der Waals surface area contributed by atoms with Crippen LogP contribution in [0.3, 0.4) is 0 Å². The maximum absolute atomic E-state index is 12.4. The molecule has 1 saturated heterocycles. The van der Waals surface area contributed by atoms with Crippen molar-refractivity contribution in [2.75, 3.05) is 40.5 Å². The highest BCUT2D eigenvalue weighted by atomic mass is 16.6. The van der Waals surface area contributed by atoms with Gasteiger partial charge < -0.3 is 29.8 Å². The molecule has 1 aromatic rings. The number of benzene rings is 1. The van der Waals surface area contributed by atoms with E-state index in [2.05, 4.69) is 17.0 Å². The van der Waals surface area contributed by atoms with E-state index in [-0.39, 0.29) is 29.5 Å². The van der Waals surface area contributed by atoms with Gasteiger partial charge in [0, 0.05) is 42.0 Å². The van der Waals surface area contributed by atoms with Gasteiger partial charge in [0.05, 0.1) is 20.3 Å². The molecule has 3 N–H and O–H groups in total. The Hall–Kier alpha value is -1.87. The average Bonchev–Trinajstić information content (AvgIpc) is 3.65. The van der Waals surface area contributed by atoms with Gasteiger partial charge >= 0.3 is 5.97 Å². The first-order valence-electron chi connectivity index (χ1n) is 13.6. The van der Waals surface area contributed by atoms with Crippen LogP contribution in [0, 0.1) is 17.3 Å². The fourth-order valence-corrected chi connectivity index (χ4v) is 9.26. The summed E-state index contributed by atoms with van der Waals surface area (Å²) in [5.74, 6) is 1.97. The van der Waals surface area contributed by atoms with Crippen LogP contribution in [0.5, 0.6) is 11.5 Å². The SMILES string of the molecule is COc1ccc2c3c1O[C@H]1[C@@]4(OC)CC[C@@]5(C[C@@H]4COC(=O)C(N)CO)[C@@H](C2)N(CC2CC2)CC[C@]315. The lowest BCUT2D eigenvalue weighted by Crippen LogP contribution is -2.81. The zero-order valence-electron chi connectivity index (χ0n) is 21.3.